The van der Waals surface area contributed by atoms with Crippen molar-refractivity contribution in [3.8, 4) is 5.69 Å². The molecule has 4 heteroatoms. The van der Waals surface area contributed by atoms with Gasteiger partial charge in [-0.1, -0.05) is 70.1 Å². The lowest BCUT2D eigenvalue weighted by Crippen LogP contribution is -2.22. The summed E-state index contributed by atoms with van der Waals surface area (Å²) in [5.74, 6) is 0. The fourth-order valence-corrected chi connectivity index (χ4v) is 3.41. The van der Waals surface area contributed by atoms with Gasteiger partial charge >= 0.3 is 0 Å². The number of benzene rings is 1. The monoisotopic (exact) mass is 344 g/mol. The molecule has 4 nitrogen and oxygen atoms in total. The number of hydrogen-bond donors (Lipinski definition) is 1. The third kappa shape index (κ3) is 4.85. The van der Waals surface area contributed by atoms with Gasteiger partial charge in [-0.3, -0.25) is 9.48 Å². The molecule has 0 saturated heterocycles. The van der Waals surface area contributed by atoms with E-state index in [4.69, 9.17) is 0 Å². The maximum absolute atomic E-state index is 12.8. The van der Waals surface area contributed by atoms with Crippen LogP contribution in [0.3, 0.4) is 0 Å². The lowest BCUT2D eigenvalue weighted by Gasteiger charge is -2.09. The molecule has 0 saturated carbocycles. The summed E-state index contributed by atoms with van der Waals surface area (Å²) in [4.78, 5) is 12.8. The van der Waals surface area contributed by atoms with Gasteiger partial charge in [0.2, 0.25) is 0 Å². The molecule has 25 heavy (non-hydrogen) atoms. The number of aliphatic hydroxyl groups is 1. The molecular formula is C21H32N2O2. The molecule has 1 N–H and O–H groups in total. The molecule has 1 atom stereocenters. The molecule has 0 bridgehead atoms. The van der Waals surface area contributed by atoms with Crippen LogP contribution in [0.25, 0.3) is 5.69 Å². The molecule has 0 amide bonds. The molecule has 1 heterocycles. The summed E-state index contributed by atoms with van der Waals surface area (Å²) in [7, 11) is 1.87. The van der Waals surface area contributed by atoms with E-state index in [2.05, 4.69) is 6.92 Å². The van der Waals surface area contributed by atoms with E-state index >= 15 is 0 Å². The van der Waals surface area contributed by atoms with Crippen molar-refractivity contribution >= 4 is 0 Å². The molecular weight excluding hydrogens is 312 g/mol. The largest absolute Gasteiger partial charge is 0.388 e. The number of rotatable bonds is 10. The number of aliphatic hydroxyl groups excluding tert-OH is 1. The molecule has 0 fully saturated rings. The van der Waals surface area contributed by atoms with Crippen LogP contribution < -0.4 is 5.56 Å². The molecule has 138 valence electrons. The minimum absolute atomic E-state index is 0.110. The molecule has 0 aliphatic rings. The van der Waals surface area contributed by atoms with Crippen LogP contribution in [0.2, 0.25) is 0 Å². The average molecular weight is 344 g/mol. The van der Waals surface area contributed by atoms with Crippen molar-refractivity contribution in [2.75, 3.05) is 0 Å². The molecule has 1 aromatic carbocycles. The Morgan fingerprint density at radius 3 is 2.24 bits per heavy atom. The van der Waals surface area contributed by atoms with Crippen molar-refractivity contribution in [1.82, 2.24) is 9.36 Å². The Morgan fingerprint density at radius 1 is 1.00 bits per heavy atom. The van der Waals surface area contributed by atoms with Crippen LogP contribution in [0.4, 0.5) is 0 Å². The van der Waals surface area contributed by atoms with E-state index < -0.39 is 6.10 Å². The highest BCUT2D eigenvalue weighted by Crippen LogP contribution is 2.22. The van der Waals surface area contributed by atoms with Crippen LogP contribution in [0.1, 0.15) is 75.7 Å². The topological polar surface area (TPSA) is 47.2 Å². The van der Waals surface area contributed by atoms with Gasteiger partial charge in [0, 0.05) is 12.7 Å². The third-order valence-electron chi connectivity index (χ3n) is 5.01. The fraction of sp³-hybridized carbons (Fsp3) is 0.571. The highest BCUT2D eigenvalue weighted by atomic mass is 16.3. The van der Waals surface area contributed by atoms with Crippen molar-refractivity contribution < 1.29 is 5.11 Å². The van der Waals surface area contributed by atoms with E-state index in [-0.39, 0.29) is 5.56 Å². The maximum Gasteiger partial charge on any atom is 0.277 e. The Bertz CT molecular complexity index is 701. The molecule has 0 aliphatic heterocycles. The summed E-state index contributed by atoms with van der Waals surface area (Å²) in [6, 6.07) is 9.58. The van der Waals surface area contributed by atoms with Gasteiger partial charge in [-0.2, -0.15) is 0 Å². The summed E-state index contributed by atoms with van der Waals surface area (Å²) in [5.41, 5.74) is 2.09. The van der Waals surface area contributed by atoms with Crippen LogP contribution in [0.5, 0.6) is 0 Å². The molecule has 2 rings (SSSR count). The smallest absolute Gasteiger partial charge is 0.277 e. The van der Waals surface area contributed by atoms with Gasteiger partial charge in [0.25, 0.3) is 5.56 Å². The van der Waals surface area contributed by atoms with Gasteiger partial charge < -0.3 is 5.11 Å². The van der Waals surface area contributed by atoms with Crippen molar-refractivity contribution in [1.29, 1.82) is 0 Å². The van der Waals surface area contributed by atoms with E-state index in [1.54, 1.807) is 4.68 Å². The first-order valence-corrected chi connectivity index (χ1v) is 9.60. The quantitative estimate of drug-likeness (QED) is 0.637. The predicted octanol–water partition coefficient (Wildman–Crippen LogP) is 4.66. The number of unbranched alkanes of at least 4 members (excludes halogenated alkanes) is 6. The van der Waals surface area contributed by atoms with E-state index in [0.717, 1.165) is 24.2 Å². The van der Waals surface area contributed by atoms with Crippen molar-refractivity contribution in [3.05, 3.63) is 51.9 Å². The van der Waals surface area contributed by atoms with Crippen LogP contribution in [-0.4, -0.2) is 14.5 Å². The summed E-state index contributed by atoms with van der Waals surface area (Å²) >= 11 is 0. The first kappa shape index (κ1) is 19.5. The third-order valence-corrected chi connectivity index (χ3v) is 5.01. The Balaban J connectivity index is 2.01. The number of aromatic nitrogens is 2. The number of nitrogens with zero attached hydrogens (tertiary/aromatic N) is 2. The Morgan fingerprint density at radius 2 is 1.60 bits per heavy atom. The zero-order chi connectivity index (χ0) is 18.2. The van der Waals surface area contributed by atoms with Gasteiger partial charge in [-0.25, -0.2) is 4.68 Å². The second-order valence-corrected chi connectivity index (χ2v) is 6.90. The van der Waals surface area contributed by atoms with Crippen LogP contribution in [0, 0.1) is 6.92 Å². The highest BCUT2D eigenvalue weighted by Gasteiger charge is 2.21. The highest BCUT2D eigenvalue weighted by molar-refractivity contribution is 5.34. The summed E-state index contributed by atoms with van der Waals surface area (Å²) in [6.07, 6.45) is 8.43. The Kier molecular flexibility index (Phi) is 7.51. The normalized spacial score (nSPS) is 12.5. The summed E-state index contributed by atoms with van der Waals surface area (Å²) in [5, 5.41) is 10.6. The first-order valence-electron chi connectivity index (χ1n) is 9.60. The van der Waals surface area contributed by atoms with Crippen LogP contribution in [0.15, 0.2) is 35.1 Å². The molecule has 0 aliphatic carbocycles. The molecule has 0 spiro atoms. The minimum Gasteiger partial charge on any atom is -0.388 e. The van der Waals surface area contributed by atoms with Crippen molar-refractivity contribution in [2.24, 2.45) is 7.05 Å². The lowest BCUT2D eigenvalue weighted by molar-refractivity contribution is 0.161. The molecule has 2 aromatic rings. The first-order chi connectivity index (χ1) is 12.1. The Hall–Kier alpha value is -1.81. The second kappa shape index (κ2) is 9.62. The van der Waals surface area contributed by atoms with E-state index in [1.165, 1.54) is 32.1 Å². The fourth-order valence-electron chi connectivity index (χ4n) is 3.41. The predicted molar refractivity (Wildman–Crippen MR) is 103 cm³/mol. The standard InChI is InChI=1S/C21H32N2O2/c1-4-5-6-7-8-9-13-16-19(24)20-17(2)22(3)23(21(20)25)18-14-11-10-12-15-18/h10-12,14-15,19,24H,4-9,13,16H2,1-3H3. The molecule has 0 radical (unpaired) electrons. The van der Waals surface area contributed by atoms with E-state index in [1.807, 2.05) is 49.0 Å². The lowest BCUT2D eigenvalue weighted by atomic mass is 10.0. The summed E-state index contributed by atoms with van der Waals surface area (Å²) in [6.45, 7) is 4.13. The Labute approximate surface area is 151 Å². The SMILES string of the molecule is CCCCCCCCCC(O)c1c(C)n(C)n(-c2ccccc2)c1=O. The van der Waals surface area contributed by atoms with Crippen LogP contribution >= 0.6 is 0 Å². The second-order valence-electron chi connectivity index (χ2n) is 6.90. The summed E-state index contributed by atoms with van der Waals surface area (Å²) < 4.78 is 3.47. The van der Waals surface area contributed by atoms with Crippen molar-refractivity contribution in [3.63, 3.8) is 0 Å². The number of hydrogen-bond acceptors (Lipinski definition) is 2. The van der Waals surface area contributed by atoms with Gasteiger partial charge in [-0.05, 0) is 25.5 Å². The zero-order valence-electron chi connectivity index (χ0n) is 15.9. The molecule has 1 unspecified atom stereocenters. The van der Waals surface area contributed by atoms with Crippen molar-refractivity contribution in [2.45, 2.75) is 71.3 Å². The van der Waals surface area contributed by atoms with Crippen LogP contribution in [-0.2, 0) is 7.05 Å². The number of para-hydroxylation sites is 1. The maximum atomic E-state index is 12.8. The zero-order valence-corrected chi connectivity index (χ0v) is 15.9. The van der Waals surface area contributed by atoms with Gasteiger partial charge in [0.1, 0.15) is 0 Å². The average Bonchev–Trinajstić information content (AvgIpc) is 2.84. The van der Waals surface area contributed by atoms with E-state index in [0.29, 0.717) is 12.0 Å². The molecule has 1 aromatic heterocycles. The van der Waals surface area contributed by atoms with Gasteiger partial charge in [0.05, 0.1) is 17.4 Å². The van der Waals surface area contributed by atoms with Gasteiger partial charge in [0.15, 0.2) is 0 Å². The van der Waals surface area contributed by atoms with Gasteiger partial charge in [-0.15, -0.1) is 0 Å². The van der Waals surface area contributed by atoms with E-state index in [9.17, 15) is 9.90 Å². The minimum atomic E-state index is -0.681.